The van der Waals surface area contributed by atoms with E-state index in [-0.39, 0.29) is 6.10 Å². The first-order chi connectivity index (χ1) is 7.78. The average Bonchev–Trinajstić information content (AvgIpc) is 3.07. The van der Waals surface area contributed by atoms with E-state index in [0.29, 0.717) is 5.41 Å². The number of rotatable bonds is 2. The summed E-state index contributed by atoms with van der Waals surface area (Å²) in [6.07, 6.45) is 3.58. The number of nitrogens with zero attached hydrogens (tertiary/aromatic N) is 1. The van der Waals surface area contributed by atoms with E-state index in [1.807, 2.05) is 6.07 Å². The maximum atomic E-state index is 10.1. The van der Waals surface area contributed by atoms with Gasteiger partial charge in [-0.1, -0.05) is 30.3 Å². The molecule has 1 N–H and O–H groups in total. The van der Waals surface area contributed by atoms with E-state index in [2.05, 4.69) is 29.2 Å². The van der Waals surface area contributed by atoms with Gasteiger partial charge in [0.05, 0.1) is 6.10 Å². The molecular weight excluding hydrogens is 198 g/mol. The van der Waals surface area contributed by atoms with Crippen molar-refractivity contribution in [2.75, 3.05) is 13.1 Å². The van der Waals surface area contributed by atoms with Crippen LogP contribution in [0.5, 0.6) is 0 Å². The molecule has 0 aromatic heterocycles. The summed E-state index contributed by atoms with van der Waals surface area (Å²) in [7, 11) is 0. The lowest BCUT2D eigenvalue weighted by molar-refractivity contribution is 0.00549. The third-order valence-electron chi connectivity index (χ3n) is 4.21. The van der Waals surface area contributed by atoms with Crippen molar-refractivity contribution in [1.82, 2.24) is 4.90 Å². The number of piperidine rings is 1. The molecule has 1 aromatic carbocycles. The summed E-state index contributed by atoms with van der Waals surface area (Å²) in [6.45, 7) is 2.98. The second-order valence-corrected chi connectivity index (χ2v) is 5.35. The van der Waals surface area contributed by atoms with Gasteiger partial charge in [0, 0.05) is 13.1 Å². The van der Waals surface area contributed by atoms with Crippen molar-refractivity contribution in [3.63, 3.8) is 0 Å². The molecule has 1 unspecified atom stereocenters. The van der Waals surface area contributed by atoms with Gasteiger partial charge in [0.25, 0.3) is 0 Å². The zero-order valence-corrected chi connectivity index (χ0v) is 9.60. The molecule has 2 nitrogen and oxygen atoms in total. The lowest BCUT2D eigenvalue weighted by atomic mass is 9.90. The Bertz CT molecular complexity index is 358. The van der Waals surface area contributed by atoms with Gasteiger partial charge in [-0.15, -0.1) is 0 Å². The highest BCUT2D eigenvalue weighted by Gasteiger charge is 2.50. The van der Waals surface area contributed by atoms with Crippen molar-refractivity contribution in [2.45, 2.75) is 31.9 Å². The van der Waals surface area contributed by atoms with E-state index in [0.717, 1.165) is 19.6 Å². The summed E-state index contributed by atoms with van der Waals surface area (Å²) in [4.78, 5) is 2.38. The number of aliphatic hydroxyl groups excluding tert-OH is 1. The fourth-order valence-electron chi connectivity index (χ4n) is 2.81. The summed E-state index contributed by atoms with van der Waals surface area (Å²) in [5.74, 6) is 0. The van der Waals surface area contributed by atoms with Crippen LogP contribution in [0, 0.1) is 5.41 Å². The Morgan fingerprint density at radius 2 is 1.94 bits per heavy atom. The topological polar surface area (TPSA) is 23.5 Å². The van der Waals surface area contributed by atoms with E-state index in [4.69, 9.17) is 0 Å². The molecule has 1 saturated carbocycles. The van der Waals surface area contributed by atoms with Gasteiger partial charge in [-0.2, -0.15) is 0 Å². The Kier molecular flexibility index (Phi) is 2.49. The van der Waals surface area contributed by atoms with Crippen molar-refractivity contribution < 1.29 is 5.11 Å². The minimum Gasteiger partial charge on any atom is -0.391 e. The average molecular weight is 217 g/mol. The van der Waals surface area contributed by atoms with E-state index in [1.165, 1.54) is 24.8 Å². The Hall–Kier alpha value is -0.860. The third-order valence-corrected chi connectivity index (χ3v) is 4.21. The summed E-state index contributed by atoms with van der Waals surface area (Å²) >= 11 is 0. The van der Waals surface area contributed by atoms with Gasteiger partial charge in [-0.3, -0.25) is 4.90 Å². The van der Waals surface area contributed by atoms with Gasteiger partial charge in [-0.25, -0.2) is 0 Å². The Labute approximate surface area is 96.9 Å². The highest BCUT2D eigenvalue weighted by atomic mass is 16.3. The largest absolute Gasteiger partial charge is 0.391 e. The molecule has 1 atom stereocenters. The second-order valence-electron chi connectivity index (χ2n) is 5.35. The Morgan fingerprint density at radius 3 is 2.56 bits per heavy atom. The molecular formula is C14H19NO. The quantitative estimate of drug-likeness (QED) is 0.819. The predicted molar refractivity (Wildman–Crippen MR) is 64.0 cm³/mol. The highest BCUT2D eigenvalue weighted by molar-refractivity contribution is 5.15. The van der Waals surface area contributed by atoms with Crippen molar-refractivity contribution in [2.24, 2.45) is 5.41 Å². The van der Waals surface area contributed by atoms with Gasteiger partial charge in [0.2, 0.25) is 0 Å². The van der Waals surface area contributed by atoms with Gasteiger partial charge in [0.1, 0.15) is 0 Å². The van der Waals surface area contributed by atoms with E-state index >= 15 is 0 Å². The standard InChI is InChI=1S/C14H19NO/c16-13-11-15(9-8-14(13)6-7-14)10-12-4-2-1-3-5-12/h1-5,13,16H,6-11H2. The second kappa shape index (κ2) is 3.86. The minimum atomic E-state index is -0.0926. The van der Waals surface area contributed by atoms with Crippen molar-refractivity contribution in [3.8, 4) is 0 Å². The SMILES string of the molecule is OC1CN(Cc2ccccc2)CCC12CC2. The summed E-state index contributed by atoms with van der Waals surface area (Å²) < 4.78 is 0. The summed E-state index contributed by atoms with van der Waals surface area (Å²) in [6, 6.07) is 10.5. The highest BCUT2D eigenvalue weighted by Crippen LogP contribution is 2.53. The molecule has 3 rings (SSSR count). The van der Waals surface area contributed by atoms with Crippen LogP contribution >= 0.6 is 0 Å². The molecule has 16 heavy (non-hydrogen) atoms. The number of β-amino-alcohol motifs (C(OH)–C–C–N with tert-alkyl or cyclic N) is 1. The first-order valence-corrected chi connectivity index (χ1v) is 6.23. The van der Waals surface area contributed by atoms with Crippen molar-refractivity contribution in [1.29, 1.82) is 0 Å². The molecule has 2 fully saturated rings. The monoisotopic (exact) mass is 217 g/mol. The van der Waals surface area contributed by atoms with Crippen LogP contribution in [0.1, 0.15) is 24.8 Å². The van der Waals surface area contributed by atoms with E-state index < -0.39 is 0 Å². The molecule has 2 aliphatic rings. The molecule has 0 radical (unpaired) electrons. The molecule has 1 aliphatic heterocycles. The fourth-order valence-corrected chi connectivity index (χ4v) is 2.81. The molecule has 86 valence electrons. The molecule has 1 heterocycles. The van der Waals surface area contributed by atoms with E-state index in [9.17, 15) is 5.11 Å². The zero-order valence-electron chi connectivity index (χ0n) is 9.60. The lowest BCUT2D eigenvalue weighted by Gasteiger charge is -2.36. The molecule has 1 spiro atoms. The Morgan fingerprint density at radius 1 is 1.19 bits per heavy atom. The minimum absolute atomic E-state index is 0.0926. The van der Waals surface area contributed by atoms with Crippen LogP contribution in [-0.4, -0.2) is 29.2 Å². The van der Waals surface area contributed by atoms with Crippen LogP contribution in [0.4, 0.5) is 0 Å². The van der Waals surface area contributed by atoms with Crippen LogP contribution < -0.4 is 0 Å². The van der Waals surface area contributed by atoms with Crippen molar-refractivity contribution in [3.05, 3.63) is 35.9 Å². The normalized spacial score (nSPS) is 28.2. The van der Waals surface area contributed by atoms with Crippen LogP contribution in [0.3, 0.4) is 0 Å². The molecule has 0 bridgehead atoms. The molecule has 2 heteroatoms. The molecule has 0 amide bonds. The van der Waals surface area contributed by atoms with Crippen LogP contribution in [0.25, 0.3) is 0 Å². The Balaban J connectivity index is 1.61. The summed E-state index contributed by atoms with van der Waals surface area (Å²) in [5.41, 5.74) is 1.68. The predicted octanol–water partition coefficient (Wildman–Crippen LogP) is 2.03. The van der Waals surface area contributed by atoms with Gasteiger partial charge in [0.15, 0.2) is 0 Å². The molecule has 1 saturated heterocycles. The number of hydrogen-bond donors (Lipinski definition) is 1. The number of benzene rings is 1. The number of likely N-dealkylation sites (tertiary alicyclic amines) is 1. The van der Waals surface area contributed by atoms with Gasteiger partial charge in [-0.05, 0) is 36.8 Å². The van der Waals surface area contributed by atoms with Gasteiger partial charge >= 0.3 is 0 Å². The van der Waals surface area contributed by atoms with Crippen molar-refractivity contribution >= 4 is 0 Å². The summed E-state index contributed by atoms with van der Waals surface area (Å²) in [5, 5.41) is 10.1. The smallest absolute Gasteiger partial charge is 0.0723 e. The van der Waals surface area contributed by atoms with Crippen LogP contribution in [0.15, 0.2) is 30.3 Å². The third kappa shape index (κ3) is 1.87. The molecule has 1 aromatic rings. The van der Waals surface area contributed by atoms with Gasteiger partial charge < -0.3 is 5.11 Å². The first kappa shape index (κ1) is 10.3. The first-order valence-electron chi connectivity index (χ1n) is 6.23. The zero-order chi connectivity index (χ0) is 11.0. The maximum Gasteiger partial charge on any atom is 0.0723 e. The van der Waals surface area contributed by atoms with Crippen LogP contribution in [0.2, 0.25) is 0 Å². The van der Waals surface area contributed by atoms with E-state index in [1.54, 1.807) is 0 Å². The number of aliphatic hydroxyl groups is 1. The number of hydrogen-bond acceptors (Lipinski definition) is 2. The lowest BCUT2D eigenvalue weighted by Crippen LogP contribution is -2.44. The fraction of sp³-hybridized carbons (Fsp3) is 0.571. The molecule has 1 aliphatic carbocycles. The maximum absolute atomic E-state index is 10.1. The van der Waals surface area contributed by atoms with Crippen LogP contribution in [-0.2, 0) is 6.54 Å².